The van der Waals surface area contributed by atoms with Crippen molar-refractivity contribution in [2.24, 2.45) is 0 Å². The molecule has 152 valence electrons. The number of rotatable bonds is 3. The van der Waals surface area contributed by atoms with Gasteiger partial charge in [0, 0.05) is 53.9 Å². The molecule has 2 aliphatic heterocycles. The number of likely N-dealkylation sites (N-methyl/N-ethyl adjacent to an activating group) is 1. The van der Waals surface area contributed by atoms with Gasteiger partial charge in [0.05, 0.1) is 5.69 Å². The molecule has 0 spiro atoms. The van der Waals surface area contributed by atoms with Gasteiger partial charge in [-0.15, -0.1) is 0 Å². The van der Waals surface area contributed by atoms with Crippen LogP contribution in [0, 0.1) is 0 Å². The molecule has 3 aromatic rings. The monoisotopic (exact) mass is 399 g/mol. The van der Waals surface area contributed by atoms with Gasteiger partial charge in [0.2, 0.25) is 5.91 Å². The molecule has 2 aliphatic rings. The number of benzene rings is 2. The maximum Gasteiger partial charge on any atom is 0.258 e. The number of carbonyl (C=O) groups excluding carboxylic acids is 2. The van der Waals surface area contributed by atoms with Crippen molar-refractivity contribution >= 4 is 40.1 Å². The number of anilines is 1. The van der Waals surface area contributed by atoms with Gasteiger partial charge in [0.25, 0.3) is 5.91 Å². The number of para-hydroxylation sites is 2. The van der Waals surface area contributed by atoms with Crippen LogP contribution in [-0.4, -0.2) is 41.4 Å². The molecule has 0 N–H and O–H groups in total. The van der Waals surface area contributed by atoms with E-state index in [-0.39, 0.29) is 11.8 Å². The molecule has 2 aromatic carbocycles. The average molecular weight is 399 g/mol. The molecule has 1 saturated heterocycles. The van der Waals surface area contributed by atoms with Crippen LogP contribution in [0.5, 0.6) is 0 Å². The Labute approximate surface area is 176 Å². The minimum Gasteiger partial charge on any atom is -0.341 e. The number of piperidine rings is 1. The van der Waals surface area contributed by atoms with Crippen molar-refractivity contribution in [2.75, 3.05) is 25.0 Å². The molecule has 5 heteroatoms. The molecule has 5 nitrogen and oxygen atoms in total. The van der Waals surface area contributed by atoms with E-state index in [0.29, 0.717) is 12.1 Å². The van der Waals surface area contributed by atoms with Gasteiger partial charge >= 0.3 is 0 Å². The third kappa shape index (κ3) is 3.11. The highest BCUT2D eigenvalue weighted by Crippen LogP contribution is 2.37. The molecule has 0 bridgehead atoms. The number of hydrogen-bond donors (Lipinski definition) is 0. The lowest BCUT2D eigenvalue weighted by Crippen LogP contribution is -2.37. The maximum atomic E-state index is 12.9. The maximum absolute atomic E-state index is 12.9. The van der Waals surface area contributed by atoms with Gasteiger partial charge in [0.1, 0.15) is 6.54 Å². The van der Waals surface area contributed by atoms with E-state index >= 15 is 0 Å². The Morgan fingerprint density at radius 1 is 1.00 bits per heavy atom. The van der Waals surface area contributed by atoms with Crippen LogP contribution >= 0.6 is 0 Å². The summed E-state index contributed by atoms with van der Waals surface area (Å²) < 4.78 is 2.02. The summed E-state index contributed by atoms with van der Waals surface area (Å²) in [6.45, 7) is 2.03. The second-order valence-electron chi connectivity index (χ2n) is 8.11. The lowest BCUT2D eigenvalue weighted by Gasteiger charge is -2.27. The highest BCUT2D eigenvalue weighted by atomic mass is 16.2. The Kier molecular flexibility index (Phi) is 4.66. The van der Waals surface area contributed by atoms with Gasteiger partial charge in [-0.1, -0.05) is 36.4 Å². The van der Waals surface area contributed by atoms with Gasteiger partial charge in [-0.2, -0.15) is 0 Å². The van der Waals surface area contributed by atoms with Crippen molar-refractivity contribution in [3.8, 4) is 0 Å². The summed E-state index contributed by atoms with van der Waals surface area (Å²) in [4.78, 5) is 29.4. The zero-order chi connectivity index (χ0) is 20.7. The third-order valence-corrected chi connectivity index (χ3v) is 6.22. The number of fused-ring (bicyclic) bond motifs is 2. The van der Waals surface area contributed by atoms with Crippen molar-refractivity contribution < 1.29 is 9.59 Å². The summed E-state index contributed by atoms with van der Waals surface area (Å²) in [6.07, 6.45) is 7.36. The summed E-state index contributed by atoms with van der Waals surface area (Å²) in [6, 6.07) is 15.9. The molecule has 0 aliphatic carbocycles. The molecule has 0 saturated carbocycles. The largest absolute Gasteiger partial charge is 0.341 e. The fraction of sp³-hybridized carbons (Fsp3) is 0.280. The molecular weight excluding hydrogens is 374 g/mol. The predicted octanol–water partition coefficient (Wildman–Crippen LogP) is 4.17. The number of hydrogen-bond acceptors (Lipinski definition) is 2. The zero-order valence-corrected chi connectivity index (χ0v) is 17.2. The van der Waals surface area contributed by atoms with Crippen LogP contribution < -0.4 is 4.90 Å². The Bertz CT molecular complexity index is 1170. The topological polar surface area (TPSA) is 45.6 Å². The van der Waals surface area contributed by atoms with Crippen molar-refractivity contribution in [1.82, 2.24) is 9.47 Å². The number of amides is 2. The number of carbonyl (C=O) groups is 2. The Hall–Kier alpha value is -3.34. The quantitative estimate of drug-likeness (QED) is 0.621. The second kappa shape index (κ2) is 7.48. The molecule has 0 atom stereocenters. The summed E-state index contributed by atoms with van der Waals surface area (Å²) in [5, 5.41) is 1.05. The van der Waals surface area contributed by atoms with E-state index in [1.165, 1.54) is 6.42 Å². The van der Waals surface area contributed by atoms with Crippen LogP contribution in [0.2, 0.25) is 0 Å². The summed E-state index contributed by atoms with van der Waals surface area (Å²) >= 11 is 0. The summed E-state index contributed by atoms with van der Waals surface area (Å²) in [7, 11) is 1.81. The molecule has 5 rings (SSSR count). The highest BCUT2D eigenvalue weighted by molar-refractivity contribution is 6.36. The lowest BCUT2D eigenvalue weighted by atomic mass is 10.0. The van der Waals surface area contributed by atoms with E-state index < -0.39 is 0 Å². The number of nitrogens with zero attached hydrogens (tertiary/aromatic N) is 3. The van der Waals surface area contributed by atoms with Gasteiger partial charge in [-0.05, 0) is 37.5 Å². The Morgan fingerprint density at radius 3 is 2.57 bits per heavy atom. The molecule has 1 aromatic heterocycles. The standard InChI is InChI=1S/C25H25N3O2/c1-26-22-11-5-4-10-20(22)21(25(26)30)15-18-16-28(23-12-6-3-9-19(18)23)17-24(29)27-13-7-2-8-14-27/h3-6,9-12,15-16H,2,7-8,13-14,17H2,1H3/b21-15+. The molecule has 0 unspecified atom stereocenters. The van der Waals surface area contributed by atoms with Crippen molar-refractivity contribution in [3.63, 3.8) is 0 Å². The van der Waals surface area contributed by atoms with Crippen LogP contribution in [0.4, 0.5) is 5.69 Å². The van der Waals surface area contributed by atoms with E-state index in [1.54, 1.807) is 4.90 Å². The molecule has 1 fully saturated rings. The van der Waals surface area contributed by atoms with Crippen molar-refractivity contribution in [3.05, 3.63) is 65.9 Å². The minimum atomic E-state index is -0.00238. The third-order valence-electron chi connectivity index (χ3n) is 6.22. The van der Waals surface area contributed by atoms with Gasteiger partial charge in [-0.25, -0.2) is 0 Å². The minimum absolute atomic E-state index is 0.00238. The van der Waals surface area contributed by atoms with E-state index in [4.69, 9.17) is 0 Å². The Balaban J connectivity index is 1.54. The number of aromatic nitrogens is 1. The van der Waals surface area contributed by atoms with Gasteiger partial charge in [0.15, 0.2) is 0 Å². The first-order valence-electron chi connectivity index (χ1n) is 10.6. The van der Waals surface area contributed by atoms with Crippen molar-refractivity contribution in [2.45, 2.75) is 25.8 Å². The summed E-state index contributed by atoms with van der Waals surface area (Å²) in [5.74, 6) is 0.161. The van der Waals surface area contributed by atoms with Gasteiger partial charge < -0.3 is 14.4 Å². The molecule has 30 heavy (non-hydrogen) atoms. The molecule has 3 heterocycles. The normalized spacial score (nSPS) is 17.8. The van der Waals surface area contributed by atoms with E-state index in [2.05, 4.69) is 6.07 Å². The van der Waals surface area contributed by atoms with Crippen LogP contribution in [0.3, 0.4) is 0 Å². The van der Waals surface area contributed by atoms with Crippen LogP contribution in [-0.2, 0) is 16.1 Å². The van der Waals surface area contributed by atoms with Crippen LogP contribution in [0.15, 0.2) is 54.7 Å². The van der Waals surface area contributed by atoms with Crippen molar-refractivity contribution in [1.29, 1.82) is 0 Å². The Morgan fingerprint density at radius 2 is 1.73 bits per heavy atom. The first-order valence-corrected chi connectivity index (χ1v) is 10.6. The molecule has 0 radical (unpaired) electrons. The lowest BCUT2D eigenvalue weighted by molar-refractivity contribution is -0.132. The summed E-state index contributed by atoms with van der Waals surface area (Å²) in [5.41, 5.74) is 4.55. The van der Waals surface area contributed by atoms with Crippen LogP contribution in [0.25, 0.3) is 22.6 Å². The zero-order valence-electron chi connectivity index (χ0n) is 17.2. The smallest absolute Gasteiger partial charge is 0.258 e. The van der Waals surface area contributed by atoms with E-state index in [9.17, 15) is 9.59 Å². The molecular formula is C25H25N3O2. The fourth-order valence-electron chi connectivity index (χ4n) is 4.60. The van der Waals surface area contributed by atoms with E-state index in [1.807, 2.05) is 71.3 Å². The SMILES string of the molecule is CN1C(=O)/C(=C/c2cn(CC(=O)N3CCCCC3)c3ccccc23)c2ccccc21. The van der Waals surface area contributed by atoms with Gasteiger partial charge in [-0.3, -0.25) is 9.59 Å². The second-order valence-corrected chi connectivity index (χ2v) is 8.11. The first-order chi connectivity index (χ1) is 14.6. The van der Waals surface area contributed by atoms with E-state index in [0.717, 1.165) is 53.6 Å². The fourth-order valence-corrected chi connectivity index (χ4v) is 4.60. The molecule has 2 amide bonds. The highest BCUT2D eigenvalue weighted by Gasteiger charge is 2.29. The number of likely N-dealkylation sites (tertiary alicyclic amines) is 1. The van der Waals surface area contributed by atoms with Crippen LogP contribution in [0.1, 0.15) is 30.4 Å². The predicted molar refractivity (Wildman–Crippen MR) is 120 cm³/mol. The average Bonchev–Trinajstić information content (AvgIpc) is 3.25. The first kappa shape index (κ1) is 18.7.